The summed E-state index contributed by atoms with van der Waals surface area (Å²) in [4.78, 5) is 25.2. The number of aromatic nitrogens is 2. The molecule has 0 radical (unpaired) electrons. The Kier molecular flexibility index (Phi) is 6.67. The predicted molar refractivity (Wildman–Crippen MR) is 116 cm³/mol. The number of hydrogen-bond acceptors (Lipinski definition) is 4. The van der Waals surface area contributed by atoms with Crippen molar-refractivity contribution in [3.05, 3.63) is 77.1 Å². The minimum atomic E-state index is -0.617. The van der Waals surface area contributed by atoms with Gasteiger partial charge < -0.3 is 10.1 Å². The first-order valence-electron chi connectivity index (χ1n) is 10.1. The van der Waals surface area contributed by atoms with Crippen molar-refractivity contribution in [2.45, 2.75) is 40.2 Å². The van der Waals surface area contributed by atoms with Gasteiger partial charge in [-0.2, -0.15) is 5.10 Å². The summed E-state index contributed by atoms with van der Waals surface area (Å²) in [5, 5.41) is 7.17. The van der Waals surface area contributed by atoms with Crippen molar-refractivity contribution in [1.82, 2.24) is 15.1 Å². The minimum absolute atomic E-state index is 0.124. The number of carbonyl (C=O) groups excluding carboxylic acids is 2. The van der Waals surface area contributed by atoms with Crippen molar-refractivity contribution < 1.29 is 14.3 Å². The molecular formula is C24H27N3O3. The molecule has 0 aliphatic rings. The van der Waals surface area contributed by atoms with Gasteiger partial charge in [-0.3, -0.25) is 9.59 Å². The number of ether oxygens (including phenoxy) is 1. The molecule has 6 nitrogen and oxygen atoms in total. The summed E-state index contributed by atoms with van der Waals surface area (Å²) >= 11 is 0. The fourth-order valence-corrected chi connectivity index (χ4v) is 3.31. The monoisotopic (exact) mass is 405 g/mol. The molecular weight excluding hydrogens is 378 g/mol. The van der Waals surface area contributed by atoms with Crippen molar-refractivity contribution in [2.75, 3.05) is 6.54 Å². The molecule has 1 amide bonds. The van der Waals surface area contributed by atoms with Crippen LogP contribution in [0.2, 0.25) is 0 Å². The van der Waals surface area contributed by atoms with Crippen LogP contribution in [0, 0.1) is 13.8 Å². The maximum atomic E-state index is 12.7. The first-order chi connectivity index (χ1) is 14.4. The Morgan fingerprint density at radius 1 is 1.03 bits per heavy atom. The molecule has 0 bridgehead atoms. The van der Waals surface area contributed by atoms with Crippen LogP contribution >= 0.6 is 0 Å². The summed E-state index contributed by atoms with van der Waals surface area (Å²) in [5.74, 6) is -0.365. The summed E-state index contributed by atoms with van der Waals surface area (Å²) in [6.45, 7) is 7.88. The largest absolute Gasteiger partial charge is 0.491 e. The van der Waals surface area contributed by atoms with Gasteiger partial charge in [0.2, 0.25) is 0 Å². The number of nitrogens with zero attached hydrogens (tertiary/aromatic N) is 2. The number of nitrogens with one attached hydrogen (secondary N) is 1. The lowest BCUT2D eigenvalue weighted by Gasteiger charge is -2.10. The zero-order valence-corrected chi connectivity index (χ0v) is 17.8. The van der Waals surface area contributed by atoms with Gasteiger partial charge in [-0.25, -0.2) is 4.68 Å². The van der Waals surface area contributed by atoms with Gasteiger partial charge in [0, 0.05) is 6.54 Å². The van der Waals surface area contributed by atoms with E-state index in [1.54, 1.807) is 18.5 Å². The molecule has 30 heavy (non-hydrogen) atoms. The molecule has 0 saturated heterocycles. The van der Waals surface area contributed by atoms with Crippen molar-refractivity contribution in [3.63, 3.8) is 0 Å². The highest BCUT2D eigenvalue weighted by Crippen LogP contribution is 2.18. The van der Waals surface area contributed by atoms with Crippen molar-refractivity contribution >= 4 is 11.7 Å². The number of para-hydroxylation sites is 1. The standard InChI is InChI=1S/C24H27N3O3/c1-16(2)30-21-12-10-19(11-13-21)14-15-25-24(29)23(28)22-17(3)26-27(18(22)4)20-8-6-5-7-9-20/h5-13,16H,14-15H2,1-4H3,(H,25,29). The molecule has 1 aromatic heterocycles. The van der Waals surface area contributed by atoms with Gasteiger partial charge in [0.05, 0.1) is 28.7 Å². The Morgan fingerprint density at radius 2 is 1.70 bits per heavy atom. The summed E-state index contributed by atoms with van der Waals surface area (Å²) in [5.41, 5.74) is 3.45. The fourth-order valence-electron chi connectivity index (χ4n) is 3.31. The number of amides is 1. The molecule has 6 heteroatoms. The molecule has 0 atom stereocenters. The maximum absolute atomic E-state index is 12.7. The van der Waals surface area contributed by atoms with Crippen molar-refractivity contribution in [2.24, 2.45) is 0 Å². The highest BCUT2D eigenvalue weighted by atomic mass is 16.5. The number of aryl methyl sites for hydroxylation is 1. The predicted octanol–water partition coefficient (Wildman–Crippen LogP) is 3.82. The Morgan fingerprint density at radius 3 is 2.33 bits per heavy atom. The summed E-state index contributed by atoms with van der Waals surface area (Å²) in [7, 11) is 0. The number of rotatable bonds is 8. The smallest absolute Gasteiger partial charge is 0.292 e. The molecule has 0 saturated carbocycles. The zero-order chi connectivity index (χ0) is 21.7. The topological polar surface area (TPSA) is 73.2 Å². The van der Waals surface area contributed by atoms with Gasteiger partial charge >= 0.3 is 0 Å². The van der Waals surface area contributed by atoms with E-state index >= 15 is 0 Å². The molecule has 0 fully saturated rings. The van der Waals surface area contributed by atoms with E-state index < -0.39 is 11.7 Å². The van der Waals surface area contributed by atoms with E-state index in [-0.39, 0.29) is 6.10 Å². The minimum Gasteiger partial charge on any atom is -0.491 e. The normalized spacial score (nSPS) is 10.8. The third-order valence-corrected chi connectivity index (χ3v) is 4.72. The van der Waals surface area contributed by atoms with Crippen LogP contribution < -0.4 is 10.1 Å². The number of benzene rings is 2. The van der Waals surface area contributed by atoms with Crippen LogP contribution in [0.4, 0.5) is 0 Å². The van der Waals surface area contributed by atoms with Crippen LogP contribution in [0.1, 0.15) is 41.2 Å². The highest BCUT2D eigenvalue weighted by molar-refractivity contribution is 6.43. The van der Waals surface area contributed by atoms with E-state index in [2.05, 4.69) is 10.4 Å². The van der Waals surface area contributed by atoms with Crippen LogP contribution in [0.5, 0.6) is 5.75 Å². The van der Waals surface area contributed by atoms with Crippen molar-refractivity contribution in [3.8, 4) is 11.4 Å². The van der Waals surface area contributed by atoms with Crippen LogP contribution in [-0.2, 0) is 11.2 Å². The van der Waals surface area contributed by atoms with E-state index in [1.165, 1.54) is 0 Å². The summed E-state index contributed by atoms with van der Waals surface area (Å²) in [6, 6.07) is 17.3. The Bertz CT molecular complexity index is 1020. The van der Waals surface area contributed by atoms with Gasteiger partial charge in [0.25, 0.3) is 11.7 Å². The zero-order valence-electron chi connectivity index (χ0n) is 17.8. The van der Waals surface area contributed by atoms with Gasteiger partial charge in [-0.1, -0.05) is 30.3 Å². The van der Waals surface area contributed by atoms with Crippen LogP contribution in [-0.4, -0.2) is 34.1 Å². The first kappa shape index (κ1) is 21.3. The van der Waals surface area contributed by atoms with E-state index in [1.807, 2.05) is 68.4 Å². The van der Waals surface area contributed by atoms with Crippen LogP contribution in [0.15, 0.2) is 54.6 Å². The second kappa shape index (κ2) is 9.39. The molecule has 1 N–H and O–H groups in total. The molecule has 3 rings (SSSR count). The number of ketones is 1. The lowest BCUT2D eigenvalue weighted by molar-refractivity contribution is -0.116. The average Bonchev–Trinajstić information content (AvgIpc) is 3.03. The molecule has 3 aromatic rings. The van der Waals surface area contributed by atoms with Gasteiger partial charge in [-0.15, -0.1) is 0 Å². The molecule has 2 aromatic carbocycles. The van der Waals surface area contributed by atoms with E-state index in [0.29, 0.717) is 29.9 Å². The second-order valence-corrected chi connectivity index (χ2v) is 7.44. The Balaban J connectivity index is 1.61. The first-order valence-corrected chi connectivity index (χ1v) is 10.1. The quantitative estimate of drug-likeness (QED) is 0.457. The Labute approximate surface area is 176 Å². The molecule has 0 aliphatic heterocycles. The number of carbonyl (C=O) groups is 2. The molecule has 156 valence electrons. The molecule has 0 aliphatic carbocycles. The van der Waals surface area contributed by atoms with Gasteiger partial charge in [0.15, 0.2) is 0 Å². The summed E-state index contributed by atoms with van der Waals surface area (Å²) < 4.78 is 7.32. The van der Waals surface area contributed by atoms with E-state index in [0.717, 1.165) is 17.0 Å². The third kappa shape index (κ3) is 4.95. The molecule has 0 unspecified atom stereocenters. The SMILES string of the molecule is Cc1nn(-c2ccccc2)c(C)c1C(=O)C(=O)NCCc1ccc(OC(C)C)cc1. The highest BCUT2D eigenvalue weighted by Gasteiger charge is 2.24. The van der Waals surface area contributed by atoms with E-state index in [9.17, 15) is 9.59 Å². The second-order valence-electron chi connectivity index (χ2n) is 7.44. The van der Waals surface area contributed by atoms with Crippen LogP contribution in [0.25, 0.3) is 5.69 Å². The molecule has 0 spiro atoms. The Hall–Kier alpha value is -3.41. The number of hydrogen-bond donors (Lipinski definition) is 1. The average molecular weight is 405 g/mol. The van der Waals surface area contributed by atoms with E-state index in [4.69, 9.17) is 4.74 Å². The fraction of sp³-hybridized carbons (Fsp3) is 0.292. The van der Waals surface area contributed by atoms with Crippen LogP contribution in [0.3, 0.4) is 0 Å². The van der Waals surface area contributed by atoms with Crippen molar-refractivity contribution in [1.29, 1.82) is 0 Å². The van der Waals surface area contributed by atoms with Gasteiger partial charge in [-0.05, 0) is 63.9 Å². The number of Topliss-reactive ketones (excluding diaryl/α,β-unsaturated/α-hetero) is 1. The molecule has 1 heterocycles. The lowest BCUT2D eigenvalue weighted by atomic mass is 10.1. The maximum Gasteiger partial charge on any atom is 0.292 e. The summed E-state index contributed by atoms with van der Waals surface area (Å²) in [6.07, 6.45) is 0.752. The lowest BCUT2D eigenvalue weighted by Crippen LogP contribution is -2.33. The third-order valence-electron chi connectivity index (χ3n) is 4.72. The van der Waals surface area contributed by atoms with Gasteiger partial charge in [0.1, 0.15) is 5.75 Å².